The van der Waals surface area contributed by atoms with Crippen LogP contribution in [0, 0.1) is 11.8 Å². The second kappa shape index (κ2) is 15.1. The molecule has 1 aliphatic heterocycles. The largest absolute Gasteiger partial charge is 0.466 e. The van der Waals surface area contributed by atoms with Crippen molar-refractivity contribution in [3.05, 3.63) is 23.8 Å². The molecule has 8 heteroatoms. The number of esters is 1. The molecule has 0 aromatic heterocycles. The Labute approximate surface area is 235 Å². The van der Waals surface area contributed by atoms with E-state index in [1.165, 1.54) is 13.2 Å². The molecule has 0 N–H and O–H groups in total. The van der Waals surface area contributed by atoms with Crippen LogP contribution < -0.4 is 0 Å². The Kier molecular flexibility index (Phi) is 13.9. The summed E-state index contributed by atoms with van der Waals surface area (Å²) in [5, 5.41) is -0.0405. The summed E-state index contributed by atoms with van der Waals surface area (Å²) in [5.74, 6) is -0.281. The third-order valence-electron chi connectivity index (χ3n) is 8.82. The minimum Gasteiger partial charge on any atom is -0.466 e. The Morgan fingerprint density at radius 1 is 1.13 bits per heavy atom. The number of hydrogen-bond donors (Lipinski definition) is 0. The number of carbonyl (C=O) groups is 2. The van der Waals surface area contributed by atoms with E-state index in [2.05, 4.69) is 80.6 Å². The molecule has 0 bridgehead atoms. The first-order valence-corrected chi connectivity index (χ1v) is 19.9. The minimum atomic E-state index is -2.24. The second-order valence-electron chi connectivity index (χ2n) is 12.6. The molecule has 38 heavy (non-hydrogen) atoms. The maximum Gasteiger partial charge on any atom is 0.330 e. The molecule has 1 rings (SSSR count). The van der Waals surface area contributed by atoms with Gasteiger partial charge in [-0.1, -0.05) is 66.2 Å². The van der Waals surface area contributed by atoms with E-state index in [0.717, 1.165) is 23.7 Å². The number of rotatable bonds is 14. The maximum atomic E-state index is 13.8. The van der Waals surface area contributed by atoms with E-state index in [1.54, 1.807) is 0 Å². The lowest BCUT2D eigenvalue weighted by Gasteiger charge is -2.43. The zero-order chi connectivity index (χ0) is 29.3. The van der Waals surface area contributed by atoms with E-state index in [1.807, 2.05) is 6.92 Å². The van der Waals surface area contributed by atoms with E-state index in [-0.39, 0.29) is 28.8 Å². The molecule has 5 atom stereocenters. The number of carbonyl (C=O) groups excluding carboxylic acids is 2. The van der Waals surface area contributed by atoms with Gasteiger partial charge in [0.2, 0.25) is 0 Å². The van der Waals surface area contributed by atoms with Gasteiger partial charge in [-0.15, -0.1) is 0 Å². The quantitative estimate of drug-likeness (QED) is 0.0937. The second-order valence-corrected chi connectivity index (χ2v) is 22.1. The predicted octanol–water partition coefficient (Wildman–Crippen LogP) is 7.46. The highest BCUT2D eigenvalue weighted by Gasteiger charge is 2.46. The van der Waals surface area contributed by atoms with Gasteiger partial charge in [-0.3, -0.25) is 4.79 Å². The third kappa shape index (κ3) is 9.84. The number of ketones is 1. The molecule has 0 amide bonds. The molecule has 220 valence electrons. The highest BCUT2D eigenvalue weighted by Crippen LogP contribution is 2.39. The fourth-order valence-electron chi connectivity index (χ4n) is 4.56. The smallest absolute Gasteiger partial charge is 0.330 e. The molecule has 1 aliphatic rings. The van der Waals surface area contributed by atoms with Crippen LogP contribution in [-0.4, -0.2) is 60.4 Å². The number of hydrogen-bond acceptors (Lipinski definition) is 6. The zero-order valence-electron chi connectivity index (χ0n) is 26.3. The Balaban J connectivity index is 3.01. The normalized spacial score (nSPS) is 23.5. The van der Waals surface area contributed by atoms with Crippen LogP contribution in [0.4, 0.5) is 0 Å². The van der Waals surface area contributed by atoms with Gasteiger partial charge < -0.3 is 18.3 Å². The molecule has 6 nitrogen and oxygen atoms in total. The fraction of sp³-hybridized carbons (Fsp3) is 0.800. The van der Waals surface area contributed by atoms with Gasteiger partial charge >= 0.3 is 5.97 Å². The van der Waals surface area contributed by atoms with Gasteiger partial charge in [-0.2, -0.15) is 0 Å². The average molecular weight is 569 g/mol. The first-order valence-electron chi connectivity index (χ1n) is 14.5. The predicted molar refractivity (Wildman–Crippen MR) is 161 cm³/mol. The third-order valence-corrected chi connectivity index (χ3v) is 18.0. The molecule has 1 heterocycles. The van der Waals surface area contributed by atoms with Crippen LogP contribution in [0.5, 0.6) is 0 Å². The van der Waals surface area contributed by atoms with Crippen molar-refractivity contribution in [3.8, 4) is 0 Å². The van der Waals surface area contributed by atoms with Gasteiger partial charge in [0.1, 0.15) is 6.10 Å². The molecule has 1 saturated heterocycles. The molecule has 0 unspecified atom stereocenters. The summed E-state index contributed by atoms with van der Waals surface area (Å²) in [6.45, 7) is 24.2. The van der Waals surface area contributed by atoms with E-state index < -0.39 is 34.8 Å². The minimum absolute atomic E-state index is 0.0405. The molecule has 0 aromatic carbocycles. The summed E-state index contributed by atoms with van der Waals surface area (Å²) in [4.78, 5) is 25.5. The zero-order valence-corrected chi connectivity index (χ0v) is 28.3. The van der Waals surface area contributed by atoms with Gasteiger partial charge in [0.25, 0.3) is 0 Å². The van der Waals surface area contributed by atoms with E-state index in [0.29, 0.717) is 19.4 Å². The van der Waals surface area contributed by atoms with Crippen molar-refractivity contribution >= 4 is 28.4 Å². The first-order chi connectivity index (χ1) is 17.6. The lowest BCUT2D eigenvalue weighted by molar-refractivity contribution is -0.153. The van der Waals surface area contributed by atoms with Crippen molar-refractivity contribution < 1.29 is 27.9 Å². The molecule has 0 spiro atoms. The van der Waals surface area contributed by atoms with Gasteiger partial charge in [0.05, 0.1) is 19.8 Å². The summed E-state index contributed by atoms with van der Waals surface area (Å²) in [6, 6.07) is 3.42. The number of Topliss-reactive ketones (excluding diaryl/α,β-unsaturated/α-hetero) is 1. The molecule has 0 radical (unpaired) electrons. The van der Waals surface area contributed by atoms with Crippen molar-refractivity contribution in [1.82, 2.24) is 0 Å². The highest BCUT2D eigenvalue weighted by molar-refractivity contribution is 6.74. The summed E-state index contributed by atoms with van der Waals surface area (Å²) < 4.78 is 24.3. The monoisotopic (exact) mass is 568 g/mol. The van der Waals surface area contributed by atoms with Crippen molar-refractivity contribution in [1.29, 1.82) is 0 Å². The molecule has 1 fully saturated rings. The van der Waals surface area contributed by atoms with Gasteiger partial charge in [0.15, 0.2) is 22.4 Å². The van der Waals surface area contributed by atoms with Crippen molar-refractivity contribution in [3.63, 3.8) is 0 Å². The number of ether oxygens (including phenoxy) is 2. The molecule has 0 aliphatic carbocycles. The van der Waals surface area contributed by atoms with E-state index in [4.69, 9.17) is 18.3 Å². The standard InChI is InChI=1S/C30H56O6Si2/c1-13-38(14-2,15-3)35-24(6)23(5)17-16-18-25-21-34-26(19-22(4)20-27(31)33-10)29(28(25)32)36-37(11,12)30(7,8)9/h16-17,20,23-26,29H,13-15,18-19,21H2,1-12H3/b17-16+,22-20+/t23-,24+,25+,26+,29+/m1/s1. The Hall–Kier alpha value is -1.07. The lowest BCUT2D eigenvalue weighted by atomic mass is 9.88. The Morgan fingerprint density at radius 3 is 2.21 bits per heavy atom. The number of allylic oxidation sites excluding steroid dienone is 1. The van der Waals surface area contributed by atoms with Crippen molar-refractivity contribution in [2.45, 2.75) is 130 Å². The first kappa shape index (κ1) is 35.0. The summed E-state index contributed by atoms with van der Waals surface area (Å²) in [5.41, 5.74) is 0.811. The Morgan fingerprint density at radius 2 is 1.71 bits per heavy atom. The van der Waals surface area contributed by atoms with Crippen LogP contribution in [0.3, 0.4) is 0 Å². The van der Waals surface area contributed by atoms with Crippen molar-refractivity contribution in [2.24, 2.45) is 11.8 Å². The Bertz CT molecular complexity index is 817. The highest BCUT2D eigenvalue weighted by atomic mass is 28.4. The molecule has 0 aromatic rings. The lowest BCUT2D eigenvalue weighted by Crippen LogP contribution is -2.55. The molecular formula is C30H56O6Si2. The maximum absolute atomic E-state index is 13.8. The van der Waals surface area contributed by atoms with Crippen LogP contribution in [0.2, 0.25) is 36.3 Å². The van der Waals surface area contributed by atoms with Crippen LogP contribution in [-0.2, 0) is 27.9 Å². The molecular weight excluding hydrogens is 512 g/mol. The van der Waals surface area contributed by atoms with Gasteiger partial charge in [-0.05, 0) is 68.9 Å². The SMILES string of the molecule is CC[Si](CC)(CC)O[C@@H](C)[C@H](C)/C=C/C[C@H]1CO[C@@H](C/C(C)=C/C(=O)OC)[C@H](O[Si](C)(C)C(C)(C)C)C1=O. The van der Waals surface area contributed by atoms with Crippen LogP contribution in [0.15, 0.2) is 23.8 Å². The summed E-state index contributed by atoms with van der Waals surface area (Å²) in [7, 11) is -2.54. The van der Waals surface area contributed by atoms with E-state index >= 15 is 0 Å². The summed E-state index contributed by atoms with van der Waals surface area (Å²) in [6.07, 6.45) is 5.94. The topological polar surface area (TPSA) is 71.1 Å². The van der Waals surface area contributed by atoms with Crippen LogP contribution >= 0.6 is 0 Å². The van der Waals surface area contributed by atoms with Crippen LogP contribution in [0.1, 0.15) is 75.2 Å². The molecule has 0 saturated carbocycles. The summed E-state index contributed by atoms with van der Waals surface area (Å²) >= 11 is 0. The van der Waals surface area contributed by atoms with Gasteiger partial charge in [-0.25, -0.2) is 4.79 Å². The number of methoxy groups -OCH3 is 1. The van der Waals surface area contributed by atoms with Gasteiger partial charge in [0, 0.05) is 18.1 Å². The average Bonchev–Trinajstić information content (AvgIpc) is 2.84. The van der Waals surface area contributed by atoms with Crippen LogP contribution in [0.25, 0.3) is 0 Å². The fourth-order valence-corrected chi connectivity index (χ4v) is 8.81. The van der Waals surface area contributed by atoms with E-state index in [9.17, 15) is 9.59 Å². The van der Waals surface area contributed by atoms with Crippen molar-refractivity contribution in [2.75, 3.05) is 13.7 Å².